The van der Waals surface area contributed by atoms with Gasteiger partial charge >= 0.3 is 5.69 Å². The molecule has 0 aliphatic rings. The summed E-state index contributed by atoms with van der Waals surface area (Å²) in [5.74, 6) is -0.114. The molecular weight excluding hydrogens is 567 g/mol. The predicted octanol–water partition coefficient (Wildman–Crippen LogP) is 6.66. The summed E-state index contributed by atoms with van der Waals surface area (Å²) in [5.41, 5.74) is 0.598. The van der Waals surface area contributed by atoms with E-state index < -0.39 is 10.7 Å². The molecule has 0 amide bonds. The Hall–Kier alpha value is -3.63. The molecule has 0 unspecified atom stereocenters. The van der Waals surface area contributed by atoms with Gasteiger partial charge in [0, 0.05) is 22.5 Å². The number of benzene rings is 3. The van der Waals surface area contributed by atoms with Crippen molar-refractivity contribution < 1.29 is 14.1 Å². The van der Waals surface area contributed by atoms with Crippen molar-refractivity contribution in [2.45, 2.75) is 32.8 Å². The molecule has 1 heterocycles. The van der Waals surface area contributed by atoms with Crippen molar-refractivity contribution in [3.05, 3.63) is 107 Å². The van der Waals surface area contributed by atoms with E-state index in [-0.39, 0.29) is 34.2 Å². The molecule has 37 heavy (non-hydrogen) atoms. The van der Waals surface area contributed by atoms with E-state index in [9.17, 15) is 19.3 Å². The van der Waals surface area contributed by atoms with Crippen molar-refractivity contribution in [1.29, 1.82) is 0 Å². The van der Waals surface area contributed by atoms with Gasteiger partial charge in [-0.2, -0.15) is 9.78 Å². The monoisotopic (exact) mass is 586 g/mol. The number of nitrogens with zero attached hydrogens (tertiary/aromatic N) is 4. The first-order valence-electron chi connectivity index (χ1n) is 11.4. The van der Waals surface area contributed by atoms with Crippen LogP contribution in [-0.2, 0) is 13.0 Å². The molecule has 0 aliphatic carbocycles. The number of hydrogen-bond donors (Lipinski definition) is 0. The minimum Gasteiger partial charge on any atom is -0.481 e. The van der Waals surface area contributed by atoms with Crippen molar-refractivity contribution in [3.8, 4) is 5.75 Å². The van der Waals surface area contributed by atoms with E-state index in [2.05, 4.69) is 26.0 Å². The van der Waals surface area contributed by atoms with E-state index >= 15 is 0 Å². The summed E-state index contributed by atoms with van der Waals surface area (Å²) in [6.07, 6.45) is 3.55. The second-order valence-electron chi connectivity index (χ2n) is 8.18. The highest BCUT2D eigenvalue weighted by Crippen LogP contribution is 2.36. The number of aromatic nitrogens is 2. The second-order valence-corrected chi connectivity index (χ2v) is 9.50. The Bertz CT molecular complexity index is 1570. The number of ether oxygens (including phenoxy) is 1. The van der Waals surface area contributed by atoms with Crippen LogP contribution < -0.4 is 10.3 Å². The fraction of sp³-hybridized carbons (Fsp3) is 0.192. The predicted molar refractivity (Wildman–Crippen MR) is 144 cm³/mol. The van der Waals surface area contributed by atoms with Gasteiger partial charge in [0.2, 0.25) is 5.75 Å². The van der Waals surface area contributed by atoms with Crippen molar-refractivity contribution in [1.82, 2.24) is 9.66 Å². The molecule has 190 valence electrons. The van der Waals surface area contributed by atoms with Crippen LogP contribution in [0, 0.1) is 15.9 Å². The zero-order valence-corrected chi connectivity index (χ0v) is 22.0. The molecule has 0 saturated heterocycles. The highest BCUT2D eigenvalue weighted by atomic mass is 79.9. The summed E-state index contributed by atoms with van der Waals surface area (Å²) in [7, 11) is 0. The lowest BCUT2D eigenvalue weighted by molar-refractivity contribution is -0.385. The second kappa shape index (κ2) is 11.6. The Morgan fingerprint density at radius 3 is 2.78 bits per heavy atom. The molecule has 4 aromatic rings. The van der Waals surface area contributed by atoms with E-state index in [0.29, 0.717) is 28.7 Å². The van der Waals surface area contributed by atoms with Gasteiger partial charge in [-0.1, -0.05) is 53.0 Å². The molecule has 0 atom stereocenters. The first kappa shape index (κ1) is 26.4. The third-order valence-corrected chi connectivity index (χ3v) is 6.24. The van der Waals surface area contributed by atoms with Crippen LogP contribution in [0.15, 0.2) is 69.0 Å². The Balaban J connectivity index is 1.71. The molecule has 11 heteroatoms. The first-order valence-corrected chi connectivity index (χ1v) is 12.5. The molecule has 1 aromatic heterocycles. The number of nitro benzene ring substituents is 1. The third-order valence-electron chi connectivity index (χ3n) is 5.47. The SMILES string of the molecule is CCCCc1nc2ccc(Br)cc2c(=O)n1N=Cc1cc(Cl)c(OCc2cccc(F)c2)c([N+](=O)[O-])c1. The van der Waals surface area contributed by atoms with Crippen molar-refractivity contribution >= 4 is 50.3 Å². The van der Waals surface area contributed by atoms with E-state index in [1.807, 2.05) is 13.0 Å². The molecule has 0 N–H and O–H groups in total. The Morgan fingerprint density at radius 2 is 2.05 bits per heavy atom. The van der Waals surface area contributed by atoms with Crippen LogP contribution in [0.25, 0.3) is 10.9 Å². The molecule has 0 fully saturated rings. The standard InChI is InChI=1S/C26H21BrClFN4O4/c1-2-3-7-24-31-22-9-8-18(27)13-20(22)26(34)32(24)30-14-17-11-21(28)25(23(12-17)33(35)36)37-15-16-5-4-6-19(29)10-16/h4-6,8-14H,2-3,7,15H2,1H3. The van der Waals surface area contributed by atoms with E-state index in [1.165, 1.54) is 41.2 Å². The highest BCUT2D eigenvalue weighted by molar-refractivity contribution is 9.10. The number of nitro groups is 1. The molecule has 0 spiro atoms. The average Bonchev–Trinajstić information content (AvgIpc) is 2.86. The molecule has 3 aromatic carbocycles. The number of rotatable bonds is 9. The summed E-state index contributed by atoms with van der Waals surface area (Å²) >= 11 is 9.70. The van der Waals surface area contributed by atoms with Gasteiger partial charge in [-0.05, 0) is 48.4 Å². The van der Waals surface area contributed by atoms with Gasteiger partial charge in [-0.25, -0.2) is 9.37 Å². The normalized spacial score (nSPS) is 11.4. The maximum absolute atomic E-state index is 13.5. The third kappa shape index (κ3) is 6.20. The molecule has 0 saturated carbocycles. The Morgan fingerprint density at radius 1 is 1.24 bits per heavy atom. The van der Waals surface area contributed by atoms with Crippen LogP contribution in [0.1, 0.15) is 36.7 Å². The van der Waals surface area contributed by atoms with Gasteiger partial charge in [-0.3, -0.25) is 14.9 Å². The maximum atomic E-state index is 13.5. The lowest BCUT2D eigenvalue weighted by Gasteiger charge is -2.11. The first-order chi connectivity index (χ1) is 17.8. The fourth-order valence-corrected chi connectivity index (χ4v) is 4.31. The van der Waals surface area contributed by atoms with Gasteiger partial charge in [-0.15, -0.1) is 0 Å². The lowest BCUT2D eigenvalue weighted by Crippen LogP contribution is -2.22. The molecule has 0 aliphatic heterocycles. The van der Waals surface area contributed by atoms with Crippen LogP contribution in [0.4, 0.5) is 10.1 Å². The average molecular weight is 588 g/mol. The van der Waals surface area contributed by atoms with Crippen molar-refractivity contribution in [2.75, 3.05) is 0 Å². The van der Waals surface area contributed by atoms with Crippen LogP contribution in [0.5, 0.6) is 5.75 Å². The minimum atomic E-state index is -0.627. The van der Waals surface area contributed by atoms with Gasteiger partial charge in [0.1, 0.15) is 18.2 Å². The molecule has 8 nitrogen and oxygen atoms in total. The summed E-state index contributed by atoms with van der Waals surface area (Å²) in [6.45, 7) is 1.92. The summed E-state index contributed by atoms with van der Waals surface area (Å²) in [5, 5.41) is 16.4. The number of unbranched alkanes of at least 4 members (excludes halogenated alkanes) is 1. The fourth-order valence-electron chi connectivity index (χ4n) is 3.67. The molecule has 0 radical (unpaired) electrons. The topological polar surface area (TPSA) is 99.6 Å². The minimum absolute atomic E-state index is 0.0221. The van der Waals surface area contributed by atoms with Gasteiger partial charge in [0.05, 0.1) is 27.1 Å². The van der Waals surface area contributed by atoms with E-state index in [4.69, 9.17) is 16.3 Å². The Kier molecular flexibility index (Phi) is 8.30. The Labute approximate surface area is 224 Å². The van der Waals surface area contributed by atoms with E-state index in [0.717, 1.165) is 17.3 Å². The summed E-state index contributed by atoms with van der Waals surface area (Å²) in [4.78, 5) is 29.0. The van der Waals surface area contributed by atoms with Crippen LogP contribution in [-0.4, -0.2) is 20.8 Å². The van der Waals surface area contributed by atoms with Crippen LogP contribution >= 0.6 is 27.5 Å². The maximum Gasteiger partial charge on any atom is 0.313 e. The van der Waals surface area contributed by atoms with Gasteiger partial charge in [0.15, 0.2) is 0 Å². The largest absolute Gasteiger partial charge is 0.481 e. The van der Waals surface area contributed by atoms with E-state index in [1.54, 1.807) is 18.2 Å². The number of halogens is 3. The van der Waals surface area contributed by atoms with Crippen LogP contribution in [0.3, 0.4) is 0 Å². The van der Waals surface area contributed by atoms with Gasteiger partial charge < -0.3 is 4.74 Å². The zero-order chi connectivity index (χ0) is 26.5. The summed E-state index contributed by atoms with van der Waals surface area (Å²) < 4.78 is 21.0. The quantitative estimate of drug-likeness (QED) is 0.124. The molecular formula is C26H21BrClFN4O4. The van der Waals surface area contributed by atoms with Gasteiger partial charge in [0.25, 0.3) is 5.56 Å². The van der Waals surface area contributed by atoms with Crippen LogP contribution in [0.2, 0.25) is 5.02 Å². The van der Waals surface area contributed by atoms with Crippen molar-refractivity contribution in [2.24, 2.45) is 5.10 Å². The number of aryl methyl sites for hydroxylation is 1. The highest BCUT2D eigenvalue weighted by Gasteiger charge is 2.21. The smallest absolute Gasteiger partial charge is 0.313 e. The zero-order valence-electron chi connectivity index (χ0n) is 19.7. The van der Waals surface area contributed by atoms with Crippen molar-refractivity contribution in [3.63, 3.8) is 0 Å². The lowest BCUT2D eigenvalue weighted by atomic mass is 10.2. The number of hydrogen-bond acceptors (Lipinski definition) is 6. The summed E-state index contributed by atoms with van der Waals surface area (Å²) in [6, 6.07) is 13.6. The number of fused-ring (bicyclic) bond motifs is 1. The molecule has 4 rings (SSSR count). The molecule has 0 bridgehead atoms.